The summed E-state index contributed by atoms with van der Waals surface area (Å²) in [6, 6.07) is 7.17. The third kappa shape index (κ3) is 8.01. The molecule has 0 spiro atoms. The summed E-state index contributed by atoms with van der Waals surface area (Å²) in [5, 5.41) is 11.3. The molecule has 12 heteroatoms. The predicted molar refractivity (Wildman–Crippen MR) is 161 cm³/mol. The van der Waals surface area contributed by atoms with Crippen molar-refractivity contribution in [3.63, 3.8) is 0 Å². The summed E-state index contributed by atoms with van der Waals surface area (Å²) >= 11 is 6.09. The summed E-state index contributed by atoms with van der Waals surface area (Å²) in [6.45, 7) is 17.1. The summed E-state index contributed by atoms with van der Waals surface area (Å²) in [7, 11) is -8.03. The van der Waals surface area contributed by atoms with Gasteiger partial charge in [0.1, 0.15) is 0 Å². The van der Waals surface area contributed by atoms with E-state index in [2.05, 4.69) is 24.1 Å². The molecule has 212 valence electrons. The molecule has 9 nitrogen and oxygen atoms in total. The second-order valence-electron chi connectivity index (χ2n) is 8.49. The van der Waals surface area contributed by atoms with Crippen molar-refractivity contribution in [2.24, 2.45) is 20.6 Å². The van der Waals surface area contributed by atoms with Crippen LogP contribution in [0.15, 0.2) is 94.4 Å². The van der Waals surface area contributed by atoms with E-state index in [9.17, 15) is 16.8 Å². The van der Waals surface area contributed by atoms with Gasteiger partial charge in [0.25, 0.3) is 10.0 Å². The van der Waals surface area contributed by atoms with E-state index in [1.165, 1.54) is 5.01 Å². The third-order valence-electron chi connectivity index (χ3n) is 6.10. The maximum Gasteiger partial charge on any atom is 0.285 e. The first-order valence-electron chi connectivity index (χ1n) is 12.4. The molecule has 0 amide bonds. The Morgan fingerprint density at radius 1 is 1.15 bits per heavy atom. The minimum atomic E-state index is -4.20. The zero-order valence-corrected chi connectivity index (χ0v) is 24.9. The van der Waals surface area contributed by atoms with Crippen molar-refractivity contribution < 1.29 is 16.8 Å². The average Bonchev–Trinajstić information content (AvgIpc) is 3.57. The molecule has 2 heterocycles. The number of nitrogens with two attached hydrogens (primary N) is 1. The Hall–Kier alpha value is -2.99. The minimum absolute atomic E-state index is 0.00809. The van der Waals surface area contributed by atoms with Gasteiger partial charge in [-0.1, -0.05) is 81.6 Å². The van der Waals surface area contributed by atoms with Crippen LogP contribution in [0.25, 0.3) is 0 Å². The van der Waals surface area contributed by atoms with E-state index in [0.29, 0.717) is 10.7 Å². The maximum atomic E-state index is 12.9. The van der Waals surface area contributed by atoms with E-state index in [1.54, 1.807) is 23.1 Å². The van der Waals surface area contributed by atoms with Crippen LogP contribution < -0.4 is 5.14 Å². The maximum absolute atomic E-state index is 12.9. The number of hydrazone groups is 1. The molecule has 0 aliphatic carbocycles. The van der Waals surface area contributed by atoms with Gasteiger partial charge in [-0.05, 0) is 42.7 Å². The molecule has 1 saturated heterocycles. The normalized spacial score (nSPS) is 20.5. The van der Waals surface area contributed by atoms with Crippen LogP contribution in [-0.4, -0.2) is 63.3 Å². The highest BCUT2D eigenvalue weighted by atomic mass is 35.5. The number of benzene rings is 1. The van der Waals surface area contributed by atoms with Crippen LogP contribution in [-0.2, 0) is 20.0 Å². The molecule has 0 bridgehead atoms. The molecule has 2 aliphatic rings. The number of primary sulfonamides is 1. The molecule has 2 N–H and O–H groups in total. The minimum Gasteiger partial charge on any atom is -0.339 e. The van der Waals surface area contributed by atoms with Crippen molar-refractivity contribution in [1.82, 2.24) is 9.91 Å². The molecule has 1 aromatic carbocycles. The van der Waals surface area contributed by atoms with Crippen LogP contribution >= 0.6 is 11.6 Å². The molecule has 39 heavy (non-hydrogen) atoms. The van der Waals surface area contributed by atoms with Crippen LogP contribution in [0, 0.1) is 5.92 Å². The second-order valence-corrected chi connectivity index (χ2v) is 12.4. The lowest BCUT2D eigenvalue weighted by Crippen LogP contribution is -2.42. The Labute approximate surface area is 237 Å². The summed E-state index contributed by atoms with van der Waals surface area (Å²) in [4.78, 5) is 1.29. The number of allylic oxidation sites excluding steroid dienone is 5. The van der Waals surface area contributed by atoms with Gasteiger partial charge in [0.15, 0.2) is 0 Å². The highest BCUT2D eigenvalue weighted by molar-refractivity contribution is 7.94. The molecular formula is C27H36ClN5O4S2. The largest absolute Gasteiger partial charge is 0.339 e. The summed E-state index contributed by atoms with van der Waals surface area (Å²) < 4.78 is 53.9. The monoisotopic (exact) mass is 593 g/mol. The molecule has 2 atom stereocenters. The average molecular weight is 594 g/mol. The fraction of sp³-hybridized carbons (Fsp3) is 0.333. The van der Waals surface area contributed by atoms with Gasteiger partial charge in [-0.3, -0.25) is 0 Å². The van der Waals surface area contributed by atoms with Gasteiger partial charge in [-0.15, -0.1) is 4.40 Å². The van der Waals surface area contributed by atoms with E-state index in [4.69, 9.17) is 21.8 Å². The molecule has 0 radical (unpaired) electrons. The van der Waals surface area contributed by atoms with Gasteiger partial charge in [0.05, 0.1) is 22.4 Å². The summed E-state index contributed by atoms with van der Waals surface area (Å²) in [6.07, 6.45) is 8.65. The van der Waals surface area contributed by atoms with Crippen molar-refractivity contribution in [2.45, 2.75) is 32.4 Å². The Bertz CT molecular complexity index is 1410. The van der Waals surface area contributed by atoms with Crippen molar-refractivity contribution in [2.75, 3.05) is 19.6 Å². The first kappa shape index (κ1) is 32.2. The molecule has 3 rings (SSSR count). The van der Waals surface area contributed by atoms with Gasteiger partial charge < -0.3 is 4.90 Å². The van der Waals surface area contributed by atoms with Crippen LogP contribution in [0.1, 0.15) is 32.8 Å². The van der Waals surface area contributed by atoms with E-state index < -0.39 is 25.3 Å². The highest BCUT2D eigenvalue weighted by Gasteiger charge is 2.39. The fourth-order valence-corrected chi connectivity index (χ4v) is 5.78. The third-order valence-corrected chi connectivity index (χ3v) is 8.90. The second kappa shape index (κ2) is 13.9. The molecule has 1 aromatic rings. The number of hydrogen-bond acceptors (Lipinski definition) is 5. The van der Waals surface area contributed by atoms with Crippen LogP contribution in [0.3, 0.4) is 0 Å². The molecule has 1 fully saturated rings. The van der Waals surface area contributed by atoms with Gasteiger partial charge >= 0.3 is 0 Å². The number of sulfonamides is 2. The van der Waals surface area contributed by atoms with Crippen molar-refractivity contribution in [1.29, 1.82) is 0 Å². The lowest BCUT2D eigenvalue weighted by atomic mass is 9.90. The summed E-state index contributed by atoms with van der Waals surface area (Å²) in [5.41, 5.74) is 2.40. The van der Waals surface area contributed by atoms with Crippen LogP contribution in [0.4, 0.5) is 0 Å². The molecule has 2 aliphatic heterocycles. The van der Waals surface area contributed by atoms with E-state index in [1.807, 2.05) is 51.1 Å². The van der Waals surface area contributed by atoms with Gasteiger partial charge in [0.2, 0.25) is 16.0 Å². The van der Waals surface area contributed by atoms with Crippen LogP contribution in [0.2, 0.25) is 5.02 Å². The number of halogens is 1. The fourth-order valence-electron chi connectivity index (χ4n) is 4.08. The lowest BCUT2D eigenvalue weighted by Gasteiger charge is -2.26. The quantitative estimate of drug-likeness (QED) is 0.270. The molecule has 0 aromatic heterocycles. The number of guanidine groups is 1. The topological polar surface area (TPSA) is 125 Å². The number of rotatable bonds is 8. The Kier molecular flexibility index (Phi) is 11.5. The zero-order valence-electron chi connectivity index (χ0n) is 22.5. The first-order valence-corrected chi connectivity index (χ1v) is 15.8. The Morgan fingerprint density at radius 3 is 2.31 bits per heavy atom. The predicted octanol–water partition coefficient (Wildman–Crippen LogP) is 4.44. The molecular weight excluding hydrogens is 558 g/mol. The number of hydrogen-bond donors (Lipinski definition) is 1. The van der Waals surface area contributed by atoms with E-state index >= 15 is 0 Å². The van der Waals surface area contributed by atoms with Gasteiger partial charge in [-0.2, -0.15) is 13.5 Å². The standard InChI is InChI=1S/C25H30ClN5O4S2.C2H6/c1-5-8-9-19(7-3)23-17-31(28-24(23)20-10-12-21(26)13-11-20)25(29-37(34,35)18(4)6-2)30-15-14-22(16-30)36(27,32)33;1-2/h5-13,22-23H,1-2,4,14-17H2,3H3,(H2,27,32,33);1-2H3/b9-8-,19-7+,29-25-;/t22-,23+;/m1./s1. The summed E-state index contributed by atoms with van der Waals surface area (Å²) in [5.74, 6) is -0.263. The number of nitrogens with zero attached hydrogens (tertiary/aromatic N) is 4. The van der Waals surface area contributed by atoms with Gasteiger partial charge in [-0.25, -0.2) is 18.6 Å². The SMILES string of the molecule is C=C/C=C\C(=C/C)[C@@H]1CN(/C(=N\S(=O)(=O)C(=C)C=C)N2CC[C@@H](S(N)(=O)=O)C2)N=C1c1ccc(Cl)cc1.CC. The highest BCUT2D eigenvalue weighted by Crippen LogP contribution is 2.30. The molecule has 0 saturated carbocycles. The Balaban J connectivity index is 0.00000260. The Morgan fingerprint density at radius 2 is 1.79 bits per heavy atom. The van der Waals surface area contributed by atoms with Crippen molar-refractivity contribution in [3.8, 4) is 0 Å². The van der Waals surface area contributed by atoms with Gasteiger partial charge in [0, 0.05) is 24.0 Å². The zero-order chi connectivity index (χ0) is 29.4. The van der Waals surface area contributed by atoms with Crippen LogP contribution in [0.5, 0.6) is 0 Å². The van der Waals surface area contributed by atoms with E-state index in [0.717, 1.165) is 17.2 Å². The smallest absolute Gasteiger partial charge is 0.285 e. The number of likely N-dealkylation sites (tertiary alicyclic amines) is 1. The van der Waals surface area contributed by atoms with E-state index in [-0.39, 0.29) is 42.8 Å². The lowest BCUT2D eigenvalue weighted by molar-refractivity contribution is 0.371. The molecule has 0 unspecified atom stereocenters. The first-order chi connectivity index (χ1) is 18.4. The van der Waals surface area contributed by atoms with Crippen molar-refractivity contribution >= 4 is 43.3 Å². The van der Waals surface area contributed by atoms with Crippen molar-refractivity contribution in [3.05, 3.63) is 95.4 Å².